The number of ketones is 1. The van der Waals surface area contributed by atoms with Gasteiger partial charge >= 0.3 is 0 Å². The number of piperazine rings is 2. The number of hydrogen-bond acceptors (Lipinski definition) is 6. The Morgan fingerprint density at radius 3 is 2.03 bits per heavy atom. The van der Waals surface area contributed by atoms with Gasteiger partial charge in [0.15, 0.2) is 5.76 Å². The zero-order valence-corrected chi connectivity index (χ0v) is 16.7. The van der Waals surface area contributed by atoms with Gasteiger partial charge in [-0.25, -0.2) is 0 Å². The van der Waals surface area contributed by atoms with Crippen LogP contribution in [0.1, 0.15) is 10.6 Å². The van der Waals surface area contributed by atoms with Crippen molar-refractivity contribution in [3.8, 4) is 0 Å². The molecule has 1 aromatic heterocycles. The fourth-order valence-electron chi connectivity index (χ4n) is 3.97. The first-order chi connectivity index (χ1) is 14.2. The molecule has 2 fully saturated rings. The van der Waals surface area contributed by atoms with Crippen LogP contribution in [-0.4, -0.2) is 91.8 Å². The van der Waals surface area contributed by atoms with Crippen molar-refractivity contribution in [1.82, 2.24) is 14.7 Å². The van der Waals surface area contributed by atoms with E-state index in [9.17, 15) is 9.59 Å². The lowest BCUT2D eigenvalue weighted by atomic mass is 10.2. The van der Waals surface area contributed by atoms with E-state index in [-0.39, 0.29) is 11.7 Å². The van der Waals surface area contributed by atoms with Gasteiger partial charge in [-0.2, -0.15) is 0 Å². The summed E-state index contributed by atoms with van der Waals surface area (Å²) in [6.07, 6.45) is 1.52. The summed E-state index contributed by atoms with van der Waals surface area (Å²) in [7, 11) is 0. The molecule has 0 radical (unpaired) electrons. The van der Waals surface area contributed by atoms with Gasteiger partial charge in [0.25, 0.3) is 0 Å². The van der Waals surface area contributed by atoms with Gasteiger partial charge < -0.3 is 14.2 Å². The molecular weight excluding hydrogens is 368 g/mol. The molecule has 29 heavy (non-hydrogen) atoms. The van der Waals surface area contributed by atoms with Crippen LogP contribution in [0.15, 0.2) is 53.1 Å². The second kappa shape index (κ2) is 9.24. The second-order valence-corrected chi connectivity index (χ2v) is 7.66. The van der Waals surface area contributed by atoms with Crippen LogP contribution >= 0.6 is 0 Å². The number of rotatable bonds is 6. The van der Waals surface area contributed by atoms with E-state index in [2.05, 4.69) is 39.0 Å². The molecular formula is C22H28N4O3. The van der Waals surface area contributed by atoms with E-state index >= 15 is 0 Å². The van der Waals surface area contributed by atoms with Crippen molar-refractivity contribution in [3.63, 3.8) is 0 Å². The van der Waals surface area contributed by atoms with Crippen molar-refractivity contribution in [3.05, 3.63) is 54.5 Å². The van der Waals surface area contributed by atoms with Crippen LogP contribution in [0.4, 0.5) is 5.69 Å². The number of Topliss-reactive ketones (excluding diaryl/α,β-unsaturated/α-hetero) is 1. The molecule has 0 N–H and O–H groups in total. The van der Waals surface area contributed by atoms with Crippen LogP contribution in [-0.2, 0) is 4.79 Å². The zero-order chi connectivity index (χ0) is 20.1. The summed E-state index contributed by atoms with van der Waals surface area (Å²) in [5.74, 6) is 0.630. The fourth-order valence-corrected chi connectivity index (χ4v) is 3.97. The van der Waals surface area contributed by atoms with E-state index in [1.165, 1.54) is 12.0 Å². The highest BCUT2D eigenvalue weighted by molar-refractivity contribution is 5.95. The molecule has 154 valence electrons. The summed E-state index contributed by atoms with van der Waals surface area (Å²) in [5.41, 5.74) is 1.22. The maximum atomic E-state index is 12.7. The molecule has 0 saturated carbocycles. The Hall–Kier alpha value is -2.64. The van der Waals surface area contributed by atoms with Crippen LogP contribution in [0, 0.1) is 0 Å². The topological polar surface area (TPSA) is 60.2 Å². The molecule has 0 atom stereocenters. The predicted octanol–water partition coefficient (Wildman–Crippen LogP) is 1.43. The van der Waals surface area contributed by atoms with Gasteiger partial charge in [-0.05, 0) is 24.3 Å². The van der Waals surface area contributed by atoms with Crippen molar-refractivity contribution in [1.29, 1.82) is 0 Å². The van der Waals surface area contributed by atoms with E-state index in [4.69, 9.17) is 4.42 Å². The average Bonchev–Trinajstić information content (AvgIpc) is 3.31. The van der Waals surface area contributed by atoms with Crippen LogP contribution < -0.4 is 4.90 Å². The third-order valence-electron chi connectivity index (χ3n) is 5.74. The molecule has 1 amide bonds. The molecule has 3 heterocycles. The number of anilines is 1. The number of benzene rings is 1. The Bertz CT molecular complexity index is 793. The number of carbonyl (C=O) groups excluding carboxylic acids is 2. The summed E-state index contributed by atoms with van der Waals surface area (Å²) in [4.78, 5) is 33.5. The maximum absolute atomic E-state index is 12.7. The van der Waals surface area contributed by atoms with Crippen molar-refractivity contribution in [2.75, 3.05) is 70.3 Å². The van der Waals surface area contributed by atoms with E-state index < -0.39 is 0 Å². The first kappa shape index (κ1) is 19.7. The van der Waals surface area contributed by atoms with Gasteiger partial charge in [0, 0.05) is 58.0 Å². The Morgan fingerprint density at radius 1 is 0.759 bits per heavy atom. The second-order valence-electron chi connectivity index (χ2n) is 7.66. The number of furan rings is 1. The molecule has 7 nitrogen and oxygen atoms in total. The van der Waals surface area contributed by atoms with Crippen molar-refractivity contribution < 1.29 is 14.0 Å². The SMILES string of the molecule is O=C(CN1CCN(CC(=O)N2CCN(c3ccccc3)CC2)CC1)c1ccco1. The van der Waals surface area contributed by atoms with E-state index in [1.54, 1.807) is 12.1 Å². The number of carbonyl (C=O) groups is 2. The quantitative estimate of drug-likeness (QED) is 0.689. The Balaban J connectivity index is 1.18. The minimum Gasteiger partial charge on any atom is -0.461 e. The Kier molecular flexibility index (Phi) is 6.27. The van der Waals surface area contributed by atoms with Crippen LogP contribution in [0.5, 0.6) is 0 Å². The predicted molar refractivity (Wildman–Crippen MR) is 111 cm³/mol. The molecule has 1 aromatic carbocycles. The van der Waals surface area contributed by atoms with Gasteiger partial charge in [0.05, 0.1) is 19.4 Å². The van der Waals surface area contributed by atoms with E-state index in [0.717, 1.165) is 52.4 Å². The number of nitrogens with zero attached hydrogens (tertiary/aromatic N) is 4. The lowest BCUT2D eigenvalue weighted by Crippen LogP contribution is -2.54. The van der Waals surface area contributed by atoms with Gasteiger partial charge in [-0.1, -0.05) is 18.2 Å². The first-order valence-electron chi connectivity index (χ1n) is 10.3. The molecule has 2 aliphatic heterocycles. The monoisotopic (exact) mass is 396 g/mol. The minimum atomic E-state index is 0.0100. The molecule has 4 rings (SSSR count). The summed E-state index contributed by atoms with van der Waals surface area (Å²) in [5, 5.41) is 0. The lowest BCUT2D eigenvalue weighted by molar-refractivity contribution is -0.133. The van der Waals surface area contributed by atoms with Gasteiger partial charge in [-0.3, -0.25) is 19.4 Å². The molecule has 0 unspecified atom stereocenters. The number of hydrogen-bond donors (Lipinski definition) is 0. The third kappa shape index (κ3) is 5.05. The standard InChI is InChI=1S/C22H28N4O3/c27-20(21-7-4-16-29-21)17-23-8-10-24(11-9-23)18-22(28)26-14-12-25(13-15-26)19-5-2-1-3-6-19/h1-7,16H,8-15,17-18H2. The van der Waals surface area contributed by atoms with Crippen molar-refractivity contribution in [2.24, 2.45) is 0 Å². The molecule has 2 aromatic rings. The van der Waals surface area contributed by atoms with Gasteiger partial charge in [-0.15, -0.1) is 0 Å². The van der Waals surface area contributed by atoms with Crippen LogP contribution in [0.2, 0.25) is 0 Å². The van der Waals surface area contributed by atoms with E-state index in [0.29, 0.717) is 18.8 Å². The van der Waals surface area contributed by atoms with E-state index in [1.807, 2.05) is 11.0 Å². The largest absolute Gasteiger partial charge is 0.461 e. The summed E-state index contributed by atoms with van der Waals surface area (Å²) < 4.78 is 5.17. The van der Waals surface area contributed by atoms with Crippen molar-refractivity contribution in [2.45, 2.75) is 0 Å². The summed E-state index contributed by atoms with van der Waals surface area (Å²) >= 11 is 0. The molecule has 0 spiro atoms. The zero-order valence-electron chi connectivity index (χ0n) is 16.7. The fraction of sp³-hybridized carbons (Fsp3) is 0.455. The van der Waals surface area contributed by atoms with Crippen molar-refractivity contribution >= 4 is 17.4 Å². The van der Waals surface area contributed by atoms with Gasteiger partial charge in [0.2, 0.25) is 11.7 Å². The average molecular weight is 396 g/mol. The Morgan fingerprint density at radius 2 is 1.41 bits per heavy atom. The summed E-state index contributed by atoms with van der Waals surface area (Å²) in [6.45, 7) is 7.32. The van der Waals surface area contributed by atoms with Gasteiger partial charge in [0.1, 0.15) is 0 Å². The highest BCUT2D eigenvalue weighted by atomic mass is 16.3. The summed E-state index contributed by atoms with van der Waals surface area (Å²) in [6, 6.07) is 13.8. The molecule has 0 aliphatic carbocycles. The highest BCUT2D eigenvalue weighted by Gasteiger charge is 2.25. The minimum absolute atomic E-state index is 0.0100. The third-order valence-corrected chi connectivity index (χ3v) is 5.74. The normalized spacial score (nSPS) is 18.8. The Labute approximate surface area is 171 Å². The van der Waals surface area contributed by atoms with Crippen LogP contribution in [0.3, 0.4) is 0 Å². The molecule has 2 aliphatic rings. The van der Waals surface area contributed by atoms with Crippen LogP contribution in [0.25, 0.3) is 0 Å². The maximum Gasteiger partial charge on any atom is 0.236 e. The smallest absolute Gasteiger partial charge is 0.236 e. The molecule has 0 bridgehead atoms. The number of amides is 1. The molecule has 2 saturated heterocycles. The molecule has 7 heteroatoms. The highest BCUT2D eigenvalue weighted by Crippen LogP contribution is 2.16. The number of para-hydroxylation sites is 1. The first-order valence-corrected chi connectivity index (χ1v) is 10.3. The lowest BCUT2D eigenvalue weighted by Gasteiger charge is -2.38.